The Morgan fingerprint density at radius 1 is 1.44 bits per heavy atom. The summed E-state index contributed by atoms with van der Waals surface area (Å²) in [6.45, 7) is 2.40. The number of piperidine rings is 1. The maximum Gasteiger partial charge on any atom is 0.158 e. The molecule has 0 saturated carbocycles. The monoisotopic (exact) mass is 245 g/mol. The molecule has 1 aliphatic heterocycles. The molecule has 3 rings (SSSR count). The third-order valence-corrected chi connectivity index (χ3v) is 3.68. The third kappa shape index (κ3) is 2.18. The van der Waals surface area contributed by atoms with E-state index in [-0.39, 0.29) is 0 Å². The van der Waals surface area contributed by atoms with Crippen LogP contribution < -0.4 is 5.73 Å². The summed E-state index contributed by atoms with van der Waals surface area (Å²) in [7, 11) is 2.20. The van der Waals surface area contributed by atoms with Crippen molar-refractivity contribution in [3.63, 3.8) is 0 Å². The van der Waals surface area contributed by atoms with Gasteiger partial charge < -0.3 is 10.6 Å². The summed E-state index contributed by atoms with van der Waals surface area (Å²) in [5.74, 6) is 0.719. The molecule has 1 unspecified atom stereocenters. The van der Waals surface area contributed by atoms with Crippen LogP contribution in [0.25, 0.3) is 5.65 Å². The molecular weight excluding hydrogens is 226 g/mol. The first-order chi connectivity index (χ1) is 8.72. The van der Waals surface area contributed by atoms with Crippen molar-refractivity contribution in [2.24, 2.45) is 5.92 Å². The van der Waals surface area contributed by atoms with Gasteiger partial charge in [0.1, 0.15) is 0 Å². The smallest absolute Gasteiger partial charge is 0.158 e. The predicted octanol–water partition coefficient (Wildman–Crippen LogP) is 1.20. The zero-order valence-electron chi connectivity index (χ0n) is 10.7. The number of nitrogens with zero attached hydrogens (tertiary/aromatic N) is 4. The van der Waals surface area contributed by atoms with E-state index in [1.807, 2.05) is 12.4 Å². The lowest BCUT2D eigenvalue weighted by atomic mass is 9.92. The molecule has 96 valence electrons. The van der Waals surface area contributed by atoms with Crippen LogP contribution in [0.2, 0.25) is 0 Å². The fraction of sp³-hybridized carbons (Fsp3) is 0.538. The van der Waals surface area contributed by atoms with Gasteiger partial charge in [-0.15, -0.1) is 0 Å². The second-order valence-corrected chi connectivity index (χ2v) is 5.30. The molecular formula is C13H19N5. The van der Waals surface area contributed by atoms with Gasteiger partial charge in [0.05, 0.1) is 24.3 Å². The van der Waals surface area contributed by atoms with E-state index < -0.39 is 0 Å². The standard InChI is InChI=1S/C13H19N5/c1-17-4-2-3-10(8-17)5-11-6-16-18-9-12(14)7-15-13(11)18/h6-7,9-10H,2-5,8,14H2,1H3. The average Bonchev–Trinajstić information content (AvgIpc) is 2.72. The molecule has 5 nitrogen and oxygen atoms in total. The lowest BCUT2D eigenvalue weighted by molar-refractivity contribution is 0.209. The molecule has 0 aromatic carbocycles. The van der Waals surface area contributed by atoms with Crippen molar-refractivity contribution in [3.8, 4) is 0 Å². The molecule has 2 aromatic rings. The number of hydrogen-bond donors (Lipinski definition) is 1. The van der Waals surface area contributed by atoms with Crippen molar-refractivity contribution in [2.75, 3.05) is 25.9 Å². The molecule has 0 amide bonds. The summed E-state index contributed by atoms with van der Waals surface area (Å²) in [5, 5.41) is 4.32. The van der Waals surface area contributed by atoms with Crippen molar-refractivity contribution in [1.82, 2.24) is 19.5 Å². The van der Waals surface area contributed by atoms with Crippen molar-refractivity contribution < 1.29 is 0 Å². The molecule has 1 aliphatic rings. The molecule has 18 heavy (non-hydrogen) atoms. The lowest BCUT2D eigenvalue weighted by Gasteiger charge is -2.29. The highest BCUT2D eigenvalue weighted by Gasteiger charge is 2.19. The van der Waals surface area contributed by atoms with Crippen molar-refractivity contribution >= 4 is 11.3 Å². The van der Waals surface area contributed by atoms with Gasteiger partial charge in [-0.1, -0.05) is 0 Å². The van der Waals surface area contributed by atoms with Crippen LogP contribution in [-0.2, 0) is 6.42 Å². The highest BCUT2D eigenvalue weighted by atomic mass is 15.2. The average molecular weight is 245 g/mol. The maximum atomic E-state index is 5.71. The molecule has 5 heteroatoms. The van der Waals surface area contributed by atoms with E-state index in [0.29, 0.717) is 5.69 Å². The van der Waals surface area contributed by atoms with Crippen LogP contribution in [0, 0.1) is 5.92 Å². The number of nitrogens with two attached hydrogens (primary N) is 1. The van der Waals surface area contributed by atoms with Gasteiger partial charge in [0.25, 0.3) is 0 Å². The highest BCUT2D eigenvalue weighted by molar-refractivity contribution is 5.49. The number of rotatable bonds is 2. The first-order valence-electron chi connectivity index (χ1n) is 6.48. The van der Waals surface area contributed by atoms with Crippen LogP contribution in [-0.4, -0.2) is 39.6 Å². The number of fused-ring (bicyclic) bond motifs is 1. The first-order valence-corrected chi connectivity index (χ1v) is 6.48. The Bertz CT molecular complexity index is 547. The summed E-state index contributed by atoms with van der Waals surface area (Å²) in [6, 6.07) is 0. The summed E-state index contributed by atoms with van der Waals surface area (Å²) >= 11 is 0. The van der Waals surface area contributed by atoms with Gasteiger partial charge in [0.15, 0.2) is 5.65 Å². The highest BCUT2D eigenvalue weighted by Crippen LogP contribution is 2.21. The summed E-state index contributed by atoms with van der Waals surface area (Å²) in [5.41, 5.74) is 8.53. The van der Waals surface area contributed by atoms with E-state index in [1.54, 1.807) is 10.7 Å². The molecule has 0 spiro atoms. The lowest BCUT2D eigenvalue weighted by Crippen LogP contribution is -2.32. The Morgan fingerprint density at radius 2 is 2.33 bits per heavy atom. The topological polar surface area (TPSA) is 59.5 Å². The van der Waals surface area contributed by atoms with E-state index in [1.165, 1.54) is 31.5 Å². The second kappa shape index (κ2) is 4.57. The van der Waals surface area contributed by atoms with E-state index in [2.05, 4.69) is 22.0 Å². The van der Waals surface area contributed by atoms with Crippen LogP contribution in [0.4, 0.5) is 5.69 Å². The SMILES string of the molecule is CN1CCCC(Cc2cnn3cc(N)cnc23)C1. The predicted molar refractivity (Wildman–Crippen MR) is 71.3 cm³/mol. The Balaban J connectivity index is 1.82. The number of anilines is 1. The molecule has 2 N–H and O–H groups in total. The molecule has 0 bridgehead atoms. The minimum Gasteiger partial charge on any atom is -0.396 e. The number of hydrogen-bond acceptors (Lipinski definition) is 4. The van der Waals surface area contributed by atoms with Crippen molar-refractivity contribution in [1.29, 1.82) is 0 Å². The van der Waals surface area contributed by atoms with Crippen LogP contribution in [0.5, 0.6) is 0 Å². The fourth-order valence-corrected chi connectivity index (χ4v) is 2.83. The first kappa shape index (κ1) is 11.5. The van der Waals surface area contributed by atoms with E-state index >= 15 is 0 Å². The third-order valence-electron chi connectivity index (χ3n) is 3.68. The molecule has 1 atom stereocenters. The van der Waals surface area contributed by atoms with Gasteiger partial charge in [0, 0.05) is 12.1 Å². The summed E-state index contributed by atoms with van der Waals surface area (Å²) in [6.07, 6.45) is 9.10. The van der Waals surface area contributed by atoms with Crippen molar-refractivity contribution in [2.45, 2.75) is 19.3 Å². The fourth-order valence-electron chi connectivity index (χ4n) is 2.83. The molecule has 2 aromatic heterocycles. The zero-order chi connectivity index (χ0) is 12.5. The van der Waals surface area contributed by atoms with Gasteiger partial charge in [-0.2, -0.15) is 5.10 Å². The van der Waals surface area contributed by atoms with Crippen LogP contribution in [0.3, 0.4) is 0 Å². The maximum absolute atomic E-state index is 5.71. The second-order valence-electron chi connectivity index (χ2n) is 5.30. The Morgan fingerprint density at radius 3 is 3.17 bits per heavy atom. The Labute approximate surface area is 107 Å². The molecule has 1 fully saturated rings. The number of aromatic nitrogens is 3. The molecule has 0 aliphatic carbocycles. The Hall–Kier alpha value is -1.62. The Kier molecular flexibility index (Phi) is 2.91. The molecule has 0 radical (unpaired) electrons. The van der Waals surface area contributed by atoms with Crippen LogP contribution in [0.15, 0.2) is 18.6 Å². The number of likely N-dealkylation sites (tertiary alicyclic amines) is 1. The van der Waals surface area contributed by atoms with Gasteiger partial charge >= 0.3 is 0 Å². The quantitative estimate of drug-likeness (QED) is 0.863. The van der Waals surface area contributed by atoms with E-state index in [4.69, 9.17) is 5.73 Å². The van der Waals surface area contributed by atoms with E-state index in [0.717, 1.165) is 18.0 Å². The van der Waals surface area contributed by atoms with Crippen LogP contribution in [0.1, 0.15) is 18.4 Å². The summed E-state index contributed by atoms with van der Waals surface area (Å²) < 4.78 is 1.78. The minimum atomic E-state index is 0.648. The molecule has 1 saturated heterocycles. The molecule has 3 heterocycles. The van der Waals surface area contributed by atoms with Gasteiger partial charge in [-0.25, -0.2) is 9.50 Å². The van der Waals surface area contributed by atoms with Gasteiger partial charge in [-0.05, 0) is 38.8 Å². The summed E-state index contributed by atoms with van der Waals surface area (Å²) in [4.78, 5) is 6.80. The van der Waals surface area contributed by atoms with E-state index in [9.17, 15) is 0 Å². The van der Waals surface area contributed by atoms with Gasteiger partial charge in [0.2, 0.25) is 0 Å². The van der Waals surface area contributed by atoms with Crippen LogP contribution >= 0.6 is 0 Å². The van der Waals surface area contributed by atoms with Crippen molar-refractivity contribution in [3.05, 3.63) is 24.2 Å². The van der Waals surface area contributed by atoms with Gasteiger partial charge in [-0.3, -0.25) is 0 Å². The largest absolute Gasteiger partial charge is 0.396 e. The normalized spacial score (nSPS) is 21.5. The number of nitrogen functional groups attached to an aromatic ring is 1. The zero-order valence-corrected chi connectivity index (χ0v) is 10.7. The minimum absolute atomic E-state index is 0.648.